The summed E-state index contributed by atoms with van der Waals surface area (Å²) in [7, 11) is -0.380. The molecule has 1 N–H and O–H groups in total. The Morgan fingerprint density at radius 2 is 2.43 bits per heavy atom. The van der Waals surface area contributed by atoms with E-state index in [2.05, 4.69) is 36.0 Å². The fourth-order valence-electron chi connectivity index (χ4n) is 1.96. The Morgan fingerprint density at radius 1 is 1.64 bits per heavy atom. The highest BCUT2D eigenvalue weighted by Crippen LogP contribution is 2.09. The summed E-state index contributed by atoms with van der Waals surface area (Å²) in [5.74, 6) is 0. The molecule has 1 aliphatic heterocycles. The van der Waals surface area contributed by atoms with Gasteiger partial charge in [-0.25, -0.2) is 0 Å². The standard InChI is InChI=1S/C11H23N2Si/c1-4-6-8-13-9-7-12-10-11(13)14(3)5-2/h5,11-12H,2,4,6-10H2,1,3H3. The zero-order chi connectivity index (χ0) is 10.4. The molecule has 0 spiro atoms. The molecule has 0 amide bonds. The molecule has 1 radical (unpaired) electrons. The van der Waals surface area contributed by atoms with Gasteiger partial charge in [-0.2, -0.15) is 0 Å². The molecule has 2 nitrogen and oxygen atoms in total. The van der Waals surface area contributed by atoms with E-state index in [0.29, 0.717) is 0 Å². The molecule has 1 fully saturated rings. The number of piperazine rings is 1. The number of nitrogens with one attached hydrogen (secondary N) is 1. The van der Waals surface area contributed by atoms with Crippen molar-refractivity contribution in [1.29, 1.82) is 0 Å². The molecule has 1 saturated heterocycles. The predicted molar refractivity (Wildman–Crippen MR) is 65.0 cm³/mol. The van der Waals surface area contributed by atoms with Crippen molar-refractivity contribution in [2.24, 2.45) is 0 Å². The van der Waals surface area contributed by atoms with Gasteiger partial charge in [0.15, 0.2) is 0 Å². The summed E-state index contributed by atoms with van der Waals surface area (Å²) < 4.78 is 0. The lowest BCUT2D eigenvalue weighted by molar-refractivity contribution is 0.207. The van der Waals surface area contributed by atoms with Crippen molar-refractivity contribution in [3.05, 3.63) is 12.3 Å². The number of rotatable bonds is 5. The molecule has 0 aliphatic carbocycles. The molecule has 14 heavy (non-hydrogen) atoms. The first kappa shape index (κ1) is 11.9. The third kappa shape index (κ3) is 3.22. The van der Waals surface area contributed by atoms with Crippen LogP contribution in [0.4, 0.5) is 0 Å². The first-order chi connectivity index (χ1) is 6.79. The lowest BCUT2D eigenvalue weighted by Gasteiger charge is -2.38. The molecule has 0 aromatic heterocycles. The van der Waals surface area contributed by atoms with Crippen molar-refractivity contribution >= 4 is 8.80 Å². The van der Waals surface area contributed by atoms with Gasteiger partial charge < -0.3 is 10.2 Å². The second-order valence-electron chi connectivity index (χ2n) is 4.06. The van der Waals surface area contributed by atoms with Crippen LogP contribution in [0.2, 0.25) is 6.55 Å². The van der Waals surface area contributed by atoms with Crippen molar-refractivity contribution in [1.82, 2.24) is 10.2 Å². The Morgan fingerprint density at radius 3 is 3.07 bits per heavy atom. The summed E-state index contributed by atoms with van der Waals surface area (Å²) in [5.41, 5.74) is 2.94. The van der Waals surface area contributed by atoms with Crippen LogP contribution < -0.4 is 5.32 Å². The van der Waals surface area contributed by atoms with Crippen LogP contribution in [0.15, 0.2) is 12.3 Å². The topological polar surface area (TPSA) is 15.3 Å². The minimum absolute atomic E-state index is 0.380. The molecule has 0 bridgehead atoms. The third-order valence-corrected chi connectivity index (χ3v) is 5.27. The van der Waals surface area contributed by atoms with Gasteiger partial charge in [-0.1, -0.05) is 19.9 Å². The summed E-state index contributed by atoms with van der Waals surface area (Å²) >= 11 is 0. The van der Waals surface area contributed by atoms with Gasteiger partial charge in [0.1, 0.15) is 0 Å². The minimum atomic E-state index is -0.380. The summed E-state index contributed by atoms with van der Waals surface area (Å²) in [6, 6.07) is 0. The predicted octanol–water partition coefficient (Wildman–Crippen LogP) is 1.45. The van der Waals surface area contributed by atoms with Gasteiger partial charge >= 0.3 is 0 Å². The first-order valence-corrected chi connectivity index (χ1v) is 7.85. The molecule has 1 heterocycles. The van der Waals surface area contributed by atoms with Crippen molar-refractivity contribution in [2.45, 2.75) is 32.0 Å². The maximum absolute atomic E-state index is 3.94. The highest BCUT2D eigenvalue weighted by Gasteiger charge is 2.25. The van der Waals surface area contributed by atoms with Gasteiger partial charge in [-0.3, -0.25) is 0 Å². The summed E-state index contributed by atoms with van der Waals surface area (Å²) in [4.78, 5) is 2.66. The van der Waals surface area contributed by atoms with E-state index in [1.165, 1.54) is 32.5 Å². The van der Waals surface area contributed by atoms with Crippen molar-refractivity contribution in [2.75, 3.05) is 26.2 Å². The first-order valence-electron chi connectivity index (χ1n) is 5.70. The number of unbranched alkanes of at least 4 members (excludes halogenated alkanes) is 1. The van der Waals surface area contributed by atoms with Gasteiger partial charge in [0.25, 0.3) is 0 Å². The minimum Gasteiger partial charge on any atom is -0.314 e. The van der Waals surface area contributed by atoms with E-state index in [-0.39, 0.29) is 8.80 Å². The fourth-order valence-corrected chi connectivity index (χ4v) is 3.53. The van der Waals surface area contributed by atoms with Crippen molar-refractivity contribution in [3.63, 3.8) is 0 Å². The number of hydrogen-bond acceptors (Lipinski definition) is 2. The van der Waals surface area contributed by atoms with Crippen LogP contribution in [0.5, 0.6) is 0 Å². The summed E-state index contributed by atoms with van der Waals surface area (Å²) in [6.07, 6.45) is 2.64. The Balaban J connectivity index is 2.45. The Labute approximate surface area is 90.0 Å². The molecule has 0 aromatic rings. The maximum atomic E-state index is 3.94. The zero-order valence-electron chi connectivity index (χ0n) is 9.55. The zero-order valence-corrected chi connectivity index (χ0v) is 10.6. The highest BCUT2D eigenvalue weighted by molar-refractivity contribution is 6.64. The van der Waals surface area contributed by atoms with Crippen LogP contribution in [-0.2, 0) is 0 Å². The van der Waals surface area contributed by atoms with E-state index in [1.807, 2.05) is 0 Å². The molecular formula is C11H23N2Si. The second kappa shape index (κ2) is 6.38. The smallest absolute Gasteiger partial charge is 0.0935 e. The van der Waals surface area contributed by atoms with Gasteiger partial charge in [0.2, 0.25) is 0 Å². The van der Waals surface area contributed by atoms with Crippen LogP contribution in [0, 0.1) is 0 Å². The monoisotopic (exact) mass is 211 g/mol. The Hall–Kier alpha value is -0.123. The van der Waals surface area contributed by atoms with Gasteiger partial charge in [-0.05, 0) is 13.0 Å². The average Bonchev–Trinajstić information content (AvgIpc) is 2.25. The average molecular weight is 211 g/mol. The van der Waals surface area contributed by atoms with Crippen molar-refractivity contribution in [3.8, 4) is 0 Å². The maximum Gasteiger partial charge on any atom is 0.0935 e. The molecule has 1 aliphatic rings. The Bertz CT molecular complexity index is 173. The van der Waals surface area contributed by atoms with Crippen LogP contribution in [0.25, 0.3) is 0 Å². The van der Waals surface area contributed by atoms with Crippen LogP contribution >= 0.6 is 0 Å². The lowest BCUT2D eigenvalue weighted by atomic mass is 10.3. The summed E-state index contributed by atoms with van der Waals surface area (Å²) in [6.45, 7) is 13.4. The van der Waals surface area contributed by atoms with Gasteiger partial charge in [0, 0.05) is 25.3 Å². The molecule has 3 heteroatoms. The van der Waals surface area contributed by atoms with Crippen LogP contribution in [-0.4, -0.2) is 45.5 Å². The Kier molecular flexibility index (Phi) is 5.44. The fraction of sp³-hybridized carbons (Fsp3) is 0.818. The molecule has 81 valence electrons. The molecular weight excluding hydrogens is 188 g/mol. The van der Waals surface area contributed by atoms with E-state index in [0.717, 1.165) is 12.2 Å². The largest absolute Gasteiger partial charge is 0.314 e. The van der Waals surface area contributed by atoms with Gasteiger partial charge in [-0.15, -0.1) is 12.3 Å². The SMILES string of the molecule is C=C[Si](C)C1CNCCN1CCCC. The molecule has 1 rings (SSSR count). The second-order valence-corrected chi connectivity index (χ2v) is 6.62. The quantitative estimate of drug-likeness (QED) is 0.693. The van der Waals surface area contributed by atoms with E-state index in [1.54, 1.807) is 0 Å². The van der Waals surface area contributed by atoms with Gasteiger partial charge in [0.05, 0.1) is 8.80 Å². The van der Waals surface area contributed by atoms with E-state index in [9.17, 15) is 0 Å². The number of hydrogen-bond donors (Lipinski definition) is 1. The number of nitrogens with zero attached hydrogens (tertiary/aromatic N) is 1. The van der Waals surface area contributed by atoms with Crippen molar-refractivity contribution < 1.29 is 0 Å². The molecule has 0 saturated carbocycles. The van der Waals surface area contributed by atoms with E-state index >= 15 is 0 Å². The van der Waals surface area contributed by atoms with E-state index in [4.69, 9.17) is 0 Å². The molecule has 1 unspecified atom stereocenters. The van der Waals surface area contributed by atoms with E-state index < -0.39 is 0 Å². The van der Waals surface area contributed by atoms with Crippen LogP contribution in [0.3, 0.4) is 0 Å². The highest BCUT2D eigenvalue weighted by atomic mass is 28.3. The third-order valence-electron chi connectivity index (χ3n) is 3.00. The lowest BCUT2D eigenvalue weighted by Crippen LogP contribution is -2.56. The normalized spacial score (nSPS) is 24.1. The molecule has 0 aromatic carbocycles. The van der Waals surface area contributed by atoms with Crippen LogP contribution in [0.1, 0.15) is 19.8 Å². The molecule has 1 atom stereocenters. The summed E-state index contributed by atoms with van der Waals surface area (Å²) in [5, 5.41) is 3.49.